The fourth-order valence-electron chi connectivity index (χ4n) is 7.44. The zero-order valence-electron chi connectivity index (χ0n) is 14.9. The molecule has 23 heavy (non-hydrogen) atoms. The molecule has 0 aliphatic heterocycles. The third-order valence-electron chi connectivity index (χ3n) is 8.48. The summed E-state index contributed by atoms with van der Waals surface area (Å²) in [5.74, 6) is 2.35. The Labute approximate surface area is 141 Å². The molecule has 0 heterocycles. The predicted octanol–water partition coefficient (Wildman–Crippen LogP) is 4.45. The van der Waals surface area contributed by atoms with Gasteiger partial charge in [0.1, 0.15) is 0 Å². The molecule has 3 saturated carbocycles. The Morgan fingerprint density at radius 3 is 2.65 bits per heavy atom. The number of hydrogen-bond donors (Lipinski definition) is 2. The van der Waals surface area contributed by atoms with Gasteiger partial charge in [-0.2, -0.15) is 0 Å². The lowest BCUT2D eigenvalue weighted by Crippen LogP contribution is -2.52. The molecule has 2 heteroatoms. The molecule has 0 aromatic rings. The lowest BCUT2D eigenvalue weighted by Gasteiger charge is -2.59. The minimum atomic E-state index is -0.203. The van der Waals surface area contributed by atoms with Crippen molar-refractivity contribution >= 4 is 0 Å². The van der Waals surface area contributed by atoms with Gasteiger partial charge in [-0.05, 0) is 86.4 Å². The lowest BCUT2D eigenvalue weighted by atomic mass is 9.46. The maximum Gasteiger partial charge on any atom is 0.0724 e. The molecule has 0 aromatic carbocycles. The fraction of sp³-hybridized carbons (Fsp3) is 0.905. The maximum atomic E-state index is 10.8. The smallest absolute Gasteiger partial charge is 0.0724 e. The van der Waals surface area contributed by atoms with Crippen molar-refractivity contribution in [3.05, 3.63) is 11.6 Å². The van der Waals surface area contributed by atoms with Gasteiger partial charge >= 0.3 is 0 Å². The van der Waals surface area contributed by atoms with Crippen LogP contribution < -0.4 is 0 Å². The first kappa shape index (κ1) is 16.1. The lowest BCUT2D eigenvalue weighted by molar-refractivity contribution is -0.0900. The van der Waals surface area contributed by atoms with E-state index in [1.807, 2.05) is 0 Å². The van der Waals surface area contributed by atoms with Crippen molar-refractivity contribution in [1.29, 1.82) is 0 Å². The van der Waals surface area contributed by atoms with E-state index in [-0.39, 0.29) is 17.6 Å². The van der Waals surface area contributed by atoms with Gasteiger partial charge in [-0.15, -0.1) is 0 Å². The van der Waals surface area contributed by atoms with Crippen molar-refractivity contribution in [2.45, 2.75) is 90.3 Å². The monoisotopic (exact) mass is 318 g/mol. The molecule has 0 amide bonds. The first-order chi connectivity index (χ1) is 11.0. The molecular formula is C21H34O2. The molecule has 0 radical (unpaired) electrons. The van der Waals surface area contributed by atoms with E-state index < -0.39 is 0 Å². The first-order valence-corrected chi connectivity index (χ1v) is 10.1. The fourth-order valence-corrected chi connectivity index (χ4v) is 7.44. The van der Waals surface area contributed by atoms with Gasteiger partial charge in [0.25, 0.3) is 0 Å². The Balaban J connectivity index is 1.66. The summed E-state index contributed by atoms with van der Waals surface area (Å²) >= 11 is 0. The SMILES string of the molecule is CCC[C@]12CC[C@H]3[C@@H](CCC4=C[C@@H](O)CC[C@@]43C)[C@@H]1CC[C@@H]2O. The van der Waals surface area contributed by atoms with Gasteiger partial charge in [-0.3, -0.25) is 0 Å². The number of aliphatic hydroxyl groups is 2. The number of hydrogen-bond acceptors (Lipinski definition) is 2. The van der Waals surface area contributed by atoms with Crippen molar-refractivity contribution in [2.75, 3.05) is 0 Å². The zero-order chi connectivity index (χ0) is 16.2. The second kappa shape index (κ2) is 5.59. The highest BCUT2D eigenvalue weighted by molar-refractivity contribution is 5.25. The van der Waals surface area contributed by atoms with E-state index in [1.165, 1.54) is 44.9 Å². The highest BCUT2D eigenvalue weighted by Crippen LogP contribution is 2.66. The van der Waals surface area contributed by atoms with Gasteiger partial charge in [0, 0.05) is 0 Å². The molecule has 130 valence electrons. The van der Waals surface area contributed by atoms with Gasteiger partial charge in [-0.1, -0.05) is 31.9 Å². The zero-order valence-corrected chi connectivity index (χ0v) is 14.9. The summed E-state index contributed by atoms with van der Waals surface area (Å²) in [7, 11) is 0. The molecule has 0 bridgehead atoms. The average Bonchev–Trinajstić information content (AvgIpc) is 2.86. The summed E-state index contributed by atoms with van der Waals surface area (Å²) < 4.78 is 0. The van der Waals surface area contributed by atoms with Gasteiger partial charge in [-0.25, -0.2) is 0 Å². The molecule has 4 aliphatic rings. The van der Waals surface area contributed by atoms with Crippen LogP contribution in [0.3, 0.4) is 0 Å². The van der Waals surface area contributed by atoms with Crippen LogP contribution in [0.25, 0.3) is 0 Å². The van der Waals surface area contributed by atoms with E-state index in [1.54, 1.807) is 5.57 Å². The van der Waals surface area contributed by atoms with E-state index >= 15 is 0 Å². The molecular weight excluding hydrogens is 284 g/mol. The second-order valence-corrected chi connectivity index (χ2v) is 9.25. The Morgan fingerprint density at radius 2 is 1.87 bits per heavy atom. The van der Waals surface area contributed by atoms with Crippen molar-refractivity contribution in [3.63, 3.8) is 0 Å². The standard InChI is InChI=1S/C21H34O2/c1-3-10-21-12-9-17-16(18(21)6-7-19(21)23)5-4-14-13-15(22)8-11-20(14,17)2/h13,15-19,22-23H,3-12H2,1-2H3/t15-,16+,17-,18-,19-,20-,21-/m0/s1. The number of aliphatic hydroxyl groups excluding tert-OH is 2. The van der Waals surface area contributed by atoms with Crippen LogP contribution in [-0.2, 0) is 0 Å². The predicted molar refractivity (Wildman–Crippen MR) is 93.0 cm³/mol. The molecule has 2 nitrogen and oxygen atoms in total. The van der Waals surface area contributed by atoms with E-state index in [2.05, 4.69) is 19.9 Å². The molecule has 0 unspecified atom stereocenters. The average molecular weight is 319 g/mol. The Morgan fingerprint density at radius 1 is 1.04 bits per heavy atom. The quantitative estimate of drug-likeness (QED) is 0.738. The molecule has 0 saturated heterocycles. The van der Waals surface area contributed by atoms with Crippen LogP contribution in [-0.4, -0.2) is 22.4 Å². The minimum Gasteiger partial charge on any atom is -0.393 e. The van der Waals surface area contributed by atoms with Crippen LogP contribution in [0.5, 0.6) is 0 Å². The minimum absolute atomic E-state index is 0.0497. The normalized spacial score (nSPS) is 52.3. The second-order valence-electron chi connectivity index (χ2n) is 9.25. The van der Waals surface area contributed by atoms with E-state index in [4.69, 9.17) is 0 Å². The molecule has 0 aromatic heterocycles. The van der Waals surface area contributed by atoms with Crippen molar-refractivity contribution < 1.29 is 10.2 Å². The van der Waals surface area contributed by atoms with Crippen LogP contribution in [0.1, 0.15) is 78.1 Å². The Bertz CT molecular complexity index is 498. The largest absolute Gasteiger partial charge is 0.393 e. The molecule has 3 fully saturated rings. The molecule has 7 atom stereocenters. The van der Waals surface area contributed by atoms with Crippen LogP contribution >= 0.6 is 0 Å². The van der Waals surface area contributed by atoms with Crippen LogP contribution in [0, 0.1) is 28.6 Å². The summed E-state index contributed by atoms with van der Waals surface area (Å²) in [6.07, 6.45) is 13.8. The van der Waals surface area contributed by atoms with Crippen LogP contribution in [0.15, 0.2) is 11.6 Å². The summed E-state index contributed by atoms with van der Waals surface area (Å²) in [6, 6.07) is 0. The van der Waals surface area contributed by atoms with Crippen molar-refractivity contribution in [3.8, 4) is 0 Å². The Kier molecular flexibility index (Phi) is 3.93. The first-order valence-electron chi connectivity index (χ1n) is 10.1. The highest BCUT2D eigenvalue weighted by Gasteiger charge is 2.59. The number of allylic oxidation sites excluding steroid dienone is 1. The van der Waals surface area contributed by atoms with Crippen LogP contribution in [0.4, 0.5) is 0 Å². The third kappa shape index (κ3) is 2.20. The Hall–Kier alpha value is -0.340. The van der Waals surface area contributed by atoms with E-state index in [0.29, 0.717) is 5.41 Å². The molecule has 2 N–H and O–H groups in total. The number of fused-ring (bicyclic) bond motifs is 5. The summed E-state index contributed by atoms with van der Waals surface area (Å²) in [5, 5.41) is 20.8. The molecule has 4 aliphatic carbocycles. The van der Waals surface area contributed by atoms with E-state index in [0.717, 1.165) is 37.0 Å². The number of rotatable bonds is 2. The van der Waals surface area contributed by atoms with Crippen LogP contribution in [0.2, 0.25) is 0 Å². The third-order valence-corrected chi connectivity index (χ3v) is 8.48. The summed E-state index contributed by atoms with van der Waals surface area (Å²) in [6.45, 7) is 4.77. The maximum absolute atomic E-state index is 10.8. The highest BCUT2D eigenvalue weighted by atomic mass is 16.3. The van der Waals surface area contributed by atoms with Gasteiger partial charge in [0.05, 0.1) is 12.2 Å². The topological polar surface area (TPSA) is 40.5 Å². The summed E-state index contributed by atoms with van der Waals surface area (Å²) in [5.41, 5.74) is 2.12. The van der Waals surface area contributed by atoms with Gasteiger partial charge < -0.3 is 10.2 Å². The van der Waals surface area contributed by atoms with Gasteiger partial charge in [0.2, 0.25) is 0 Å². The van der Waals surface area contributed by atoms with Gasteiger partial charge in [0.15, 0.2) is 0 Å². The van der Waals surface area contributed by atoms with Crippen molar-refractivity contribution in [1.82, 2.24) is 0 Å². The van der Waals surface area contributed by atoms with Crippen molar-refractivity contribution in [2.24, 2.45) is 28.6 Å². The van der Waals surface area contributed by atoms with E-state index in [9.17, 15) is 10.2 Å². The summed E-state index contributed by atoms with van der Waals surface area (Å²) in [4.78, 5) is 0. The molecule has 0 spiro atoms. The molecule has 4 rings (SSSR count).